The number of rotatable bonds is 7. The molecule has 164 valence electrons. The summed E-state index contributed by atoms with van der Waals surface area (Å²) in [6, 6.07) is 6.14. The van der Waals surface area contributed by atoms with Gasteiger partial charge in [-0.05, 0) is 24.3 Å². The quantitative estimate of drug-likeness (QED) is 0.346. The standard InChI is InChI=1S/C19H17N7O6/c20-18-23-16-15(17(29)24-18)21-9-25(16)10-31-7-8-32-19(30)22-11-1-3-12(4-2-11)26-13(27)5-6-14(26)28/h1-6,9H,7-8,10H2,(H,22,30)(H3,20,23,24,29). The predicted octanol–water partition coefficient (Wildman–Crippen LogP) is 0.354. The van der Waals surface area contributed by atoms with Crippen LogP contribution in [-0.2, 0) is 25.8 Å². The van der Waals surface area contributed by atoms with Crippen molar-refractivity contribution in [2.75, 3.05) is 29.2 Å². The molecule has 0 radical (unpaired) electrons. The number of anilines is 3. The summed E-state index contributed by atoms with van der Waals surface area (Å²) >= 11 is 0. The Balaban J connectivity index is 1.22. The summed E-state index contributed by atoms with van der Waals surface area (Å²) in [5, 5.41) is 2.53. The van der Waals surface area contributed by atoms with Gasteiger partial charge in [0.05, 0.1) is 18.6 Å². The van der Waals surface area contributed by atoms with Crippen molar-refractivity contribution in [3.8, 4) is 0 Å². The second-order valence-corrected chi connectivity index (χ2v) is 6.53. The van der Waals surface area contributed by atoms with Crippen LogP contribution in [0.5, 0.6) is 0 Å². The normalized spacial score (nSPS) is 13.2. The number of aromatic nitrogens is 4. The van der Waals surface area contributed by atoms with Crippen LogP contribution in [0.25, 0.3) is 11.2 Å². The van der Waals surface area contributed by atoms with E-state index in [4.69, 9.17) is 15.2 Å². The summed E-state index contributed by atoms with van der Waals surface area (Å²) in [5.74, 6) is -0.887. The molecule has 1 aliphatic rings. The summed E-state index contributed by atoms with van der Waals surface area (Å²) in [6.07, 6.45) is 3.07. The van der Waals surface area contributed by atoms with Crippen LogP contribution in [0, 0.1) is 0 Å². The minimum absolute atomic E-state index is 0.0294. The number of carbonyl (C=O) groups is 3. The van der Waals surface area contributed by atoms with E-state index in [1.54, 1.807) is 0 Å². The number of carbonyl (C=O) groups excluding carboxylic acids is 3. The average Bonchev–Trinajstić information content (AvgIpc) is 3.31. The van der Waals surface area contributed by atoms with Gasteiger partial charge < -0.3 is 15.2 Å². The molecule has 0 unspecified atom stereocenters. The van der Waals surface area contributed by atoms with Gasteiger partial charge in [0.1, 0.15) is 13.3 Å². The second kappa shape index (κ2) is 8.69. The zero-order valence-corrected chi connectivity index (χ0v) is 16.5. The molecule has 3 aromatic rings. The number of imidazole rings is 1. The van der Waals surface area contributed by atoms with E-state index in [0.717, 1.165) is 4.90 Å². The molecule has 13 heteroatoms. The molecule has 4 rings (SSSR count). The van der Waals surface area contributed by atoms with E-state index in [-0.39, 0.29) is 37.1 Å². The van der Waals surface area contributed by atoms with Crippen LogP contribution >= 0.6 is 0 Å². The van der Waals surface area contributed by atoms with Crippen molar-refractivity contribution < 1.29 is 23.9 Å². The second-order valence-electron chi connectivity index (χ2n) is 6.53. The molecule has 0 fully saturated rings. The van der Waals surface area contributed by atoms with Gasteiger partial charge in [-0.3, -0.25) is 29.3 Å². The number of aromatic amines is 1. The highest BCUT2D eigenvalue weighted by Crippen LogP contribution is 2.21. The lowest BCUT2D eigenvalue weighted by Gasteiger charge is -2.14. The fraction of sp³-hybridized carbons (Fsp3) is 0.158. The van der Waals surface area contributed by atoms with Crippen molar-refractivity contribution in [3.05, 3.63) is 53.1 Å². The van der Waals surface area contributed by atoms with Crippen LogP contribution in [0.4, 0.5) is 22.1 Å². The largest absolute Gasteiger partial charge is 0.447 e. The lowest BCUT2D eigenvalue weighted by molar-refractivity contribution is -0.119. The highest BCUT2D eigenvalue weighted by molar-refractivity contribution is 6.28. The summed E-state index contributed by atoms with van der Waals surface area (Å²) in [4.78, 5) is 58.3. The van der Waals surface area contributed by atoms with Gasteiger partial charge >= 0.3 is 6.09 Å². The molecule has 0 aliphatic carbocycles. The van der Waals surface area contributed by atoms with Crippen LogP contribution in [0.3, 0.4) is 0 Å². The van der Waals surface area contributed by atoms with E-state index in [2.05, 4.69) is 20.3 Å². The number of fused-ring (bicyclic) bond motifs is 1. The van der Waals surface area contributed by atoms with Gasteiger partial charge in [0, 0.05) is 17.8 Å². The number of amides is 3. The Morgan fingerprint density at radius 1 is 1.09 bits per heavy atom. The fourth-order valence-electron chi connectivity index (χ4n) is 2.92. The van der Waals surface area contributed by atoms with E-state index in [1.165, 1.54) is 47.3 Å². The van der Waals surface area contributed by atoms with Gasteiger partial charge in [0.15, 0.2) is 11.2 Å². The maximum absolute atomic E-state index is 11.9. The number of nitrogens with one attached hydrogen (secondary N) is 2. The molecule has 4 N–H and O–H groups in total. The smallest absolute Gasteiger partial charge is 0.411 e. The average molecular weight is 439 g/mol. The van der Waals surface area contributed by atoms with Crippen molar-refractivity contribution in [1.82, 2.24) is 19.5 Å². The number of H-pyrrole nitrogens is 1. The molecule has 2 aromatic heterocycles. The molecule has 13 nitrogen and oxygen atoms in total. The van der Waals surface area contributed by atoms with Crippen LogP contribution in [0.1, 0.15) is 0 Å². The molecule has 0 bridgehead atoms. The van der Waals surface area contributed by atoms with Crippen molar-refractivity contribution in [3.63, 3.8) is 0 Å². The lowest BCUT2D eigenvalue weighted by Crippen LogP contribution is -2.29. The molecule has 0 spiro atoms. The zero-order valence-electron chi connectivity index (χ0n) is 16.5. The summed E-state index contributed by atoms with van der Waals surface area (Å²) in [6.45, 7) is 0.0771. The number of ether oxygens (including phenoxy) is 2. The van der Waals surface area contributed by atoms with Gasteiger partial charge in [-0.15, -0.1) is 0 Å². The minimum atomic E-state index is -0.703. The highest BCUT2D eigenvalue weighted by atomic mass is 16.6. The number of hydrogen-bond donors (Lipinski definition) is 3. The number of nitrogens with two attached hydrogens (primary N) is 1. The summed E-state index contributed by atoms with van der Waals surface area (Å²) in [5.41, 5.74) is 6.31. The molecule has 0 saturated heterocycles. The third-order valence-corrected chi connectivity index (χ3v) is 4.37. The maximum atomic E-state index is 11.9. The van der Waals surface area contributed by atoms with Crippen molar-refractivity contribution in [2.24, 2.45) is 0 Å². The Bertz CT molecular complexity index is 1260. The molecule has 0 saturated carbocycles. The van der Waals surface area contributed by atoms with Crippen LogP contribution in [-0.4, -0.2) is 50.6 Å². The third kappa shape index (κ3) is 4.32. The van der Waals surface area contributed by atoms with Gasteiger partial charge in [0.2, 0.25) is 5.95 Å². The van der Waals surface area contributed by atoms with Gasteiger partial charge in [-0.1, -0.05) is 0 Å². The SMILES string of the molecule is Nc1nc2c(ncn2COCCOC(=O)Nc2ccc(N3C(=O)C=CC3=O)cc2)c(=O)[nH]1. The first kappa shape index (κ1) is 20.7. The molecule has 1 aromatic carbocycles. The number of imide groups is 1. The topological polar surface area (TPSA) is 175 Å². The predicted molar refractivity (Wildman–Crippen MR) is 112 cm³/mol. The first-order valence-corrected chi connectivity index (χ1v) is 9.31. The molecule has 3 heterocycles. The fourth-order valence-corrected chi connectivity index (χ4v) is 2.92. The number of nitrogen functional groups attached to an aromatic ring is 1. The molecular formula is C19H17N7O6. The van der Waals surface area contributed by atoms with E-state index < -0.39 is 23.5 Å². The van der Waals surface area contributed by atoms with E-state index in [0.29, 0.717) is 11.4 Å². The van der Waals surface area contributed by atoms with E-state index >= 15 is 0 Å². The molecule has 1 aliphatic heterocycles. The lowest BCUT2D eigenvalue weighted by atomic mass is 10.2. The first-order chi connectivity index (χ1) is 15.4. The van der Waals surface area contributed by atoms with Crippen LogP contribution in [0.15, 0.2) is 47.5 Å². The Hall–Kier alpha value is -4.52. The maximum Gasteiger partial charge on any atom is 0.411 e. The van der Waals surface area contributed by atoms with Crippen molar-refractivity contribution in [2.45, 2.75) is 6.73 Å². The highest BCUT2D eigenvalue weighted by Gasteiger charge is 2.24. The van der Waals surface area contributed by atoms with Gasteiger partial charge in [0.25, 0.3) is 17.4 Å². The molecular weight excluding hydrogens is 422 g/mol. The third-order valence-electron chi connectivity index (χ3n) is 4.37. The monoisotopic (exact) mass is 439 g/mol. The van der Waals surface area contributed by atoms with Crippen LogP contribution < -0.4 is 21.5 Å². The summed E-state index contributed by atoms with van der Waals surface area (Å²) < 4.78 is 11.9. The molecule has 3 amide bonds. The number of benzene rings is 1. The van der Waals surface area contributed by atoms with Crippen molar-refractivity contribution in [1.29, 1.82) is 0 Å². The molecule has 0 atom stereocenters. The molecule has 32 heavy (non-hydrogen) atoms. The number of hydrogen-bond acceptors (Lipinski definition) is 9. The Kier molecular flexibility index (Phi) is 5.63. The Morgan fingerprint density at radius 2 is 1.81 bits per heavy atom. The van der Waals surface area contributed by atoms with Crippen molar-refractivity contribution >= 4 is 46.4 Å². The van der Waals surface area contributed by atoms with Crippen LogP contribution in [0.2, 0.25) is 0 Å². The Labute approximate surface area is 179 Å². The van der Waals surface area contributed by atoms with E-state index in [9.17, 15) is 19.2 Å². The first-order valence-electron chi connectivity index (χ1n) is 9.31. The van der Waals surface area contributed by atoms with Gasteiger partial charge in [-0.25, -0.2) is 14.7 Å². The summed E-state index contributed by atoms with van der Waals surface area (Å²) in [7, 11) is 0. The minimum Gasteiger partial charge on any atom is -0.447 e. The zero-order chi connectivity index (χ0) is 22.7. The number of nitrogens with zero attached hydrogens (tertiary/aromatic N) is 4. The van der Waals surface area contributed by atoms with Gasteiger partial charge in [-0.2, -0.15) is 4.98 Å². The van der Waals surface area contributed by atoms with E-state index in [1.807, 2.05) is 0 Å². The Morgan fingerprint density at radius 3 is 2.53 bits per heavy atom.